The molecule has 0 aromatic heterocycles. The highest BCUT2D eigenvalue weighted by atomic mass is 35.5. The lowest BCUT2D eigenvalue weighted by atomic mass is 9.91. The summed E-state index contributed by atoms with van der Waals surface area (Å²) in [5.41, 5.74) is 0.900. The zero-order valence-corrected chi connectivity index (χ0v) is 8.85. The van der Waals surface area contributed by atoms with Gasteiger partial charge in [-0.2, -0.15) is 0 Å². The van der Waals surface area contributed by atoms with E-state index in [1.54, 1.807) is 6.07 Å². The van der Waals surface area contributed by atoms with Crippen LogP contribution in [0.2, 0.25) is 5.02 Å². The molecule has 1 unspecified atom stereocenters. The Morgan fingerprint density at radius 3 is 2.87 bits per heavy atom. The highest BCUT2D eigenvalue weighted by molar-refractivity contribution is 6.30. The number of amides is 1. The molecule has 1 atom stereocenters. The lowest BCUT2D eigenvalue weighted by Crippen LogP contribution is -2.33. The van der Waals surface area contributed by atoms with Crippen LogP contribution in [0.1, 0.15) is 24.3 Å². The van der Waals surface area contributed by atoms with Gasteiger partial charge in [0.25, 0.3) is 0 Å². The van der Waals surface area contributed by atoms with Gasteiger partial charge in [0, 0.05) is 18.9 Å². The Hall–Kier alpha value is -1.09. The molecule has 1 heterocycles. The van der Waals surface area contributed by atoms with E-state index in [2.05, 4.69) is 5.32 Å². The molecule has 1 fully saturated rings. The van der Waals surface area contributed by atoms with E-state index in [1.165, 1.54) is 6.07 Å². The number of hydrogen-bond donors (Lipinski definition) is 1. The SMILES string of the molecule is O=C1CCC(c2ccc(Cl)c(F)c2)CN1. The summed E-state index contributed by atoms with van der Waals surface area (Å²) >= 11 is 5.60. The Balaban J connectivity index is 2.16. The summed E-state index contributed by atoms with van der Waals surface area (Å²) in [6, 6.07) is 4.82. The first-order chi connectivity index (χ1) is 7.16. The molecule has 1 aliphatic rings. The van der Waals surface area contributed by atoms with Crippen LogP contribution < -0.4 is 5.32 Å². The van der Waals surface area contributed by atoms with Crippen LogP contribution in [0.5, 0.6) is 0 Å². The van der Waals surface area contributed by atoms with Gasteiger partial charge in [0.1, 0.15) is 5.82 Å². The molecule has 1 aromatic rings. The van der Waals surface area contributed by atoms with Crippen LogP contribution in [0, 0.1) is 5.82 Å². The van der Waals surface area contributed by atoms with E-state index in [0.29, 0.717) is 13.0 Å². The van der Waals surface area contributed by atoms with Crippen molar-refractivity contribution in [3.63, 3.8) is 0 Å². The Bertz CT molecular complexity index is 384. The minimum Gasteiger partial charge on any atom is -0.355 e. The summed E-state index contributed by atoms with van der Waals surface area (Å²) < 4.78 is 13.2. The summed E-state index contributed by atoms with van der Waals surface area (Å²) in [4.78, 5) is 11.0. The van der Waals surface area contributed by atoms with Gasteiger partial charge in [-0.25, -0.2) is 4.39 Å². The van der Waals surface area contributed by atoms with Gasteiger partial charge < -0.3 is 5.32 Å². The first kappa shape index (κ1) is 10.4. The largest absolute Gasteiger partial charge is 0.355 e. The molecule has 4 heteroatoms. The predicted molar refractivity (Wildman–Crippen MR) is 56.4 cm³/mol. The Kier molecular flexibility index (Phi) is 2.91. The highest BCUT2D eigenvalue weighted by Gasteiger charge is 2.20. The van der Waals surface area contributed by atoms with Crippen LogP contribution >= 0.6 is 11.6 Å². The van der Waals surface area contributed by atoms with Crippen molar-refractivity contribution in [3.05, 3.63) is 34.6 Å². The number of halogens is 2. The second-order valence-corrected chi connectivity index (χ2v) is 4.12. The fourth-order valence-electron chi connectivity index (χ4n) is 1.78. The van der Waals surface area contributed by atoms with E-state index in [0.717, 1.165) is 12.0 Å². The summed E-state index contributed by atoms with van der Waals surface area (Å²) in [5.74, 6) is -0.124. The number of hydrogen-bond acceptors (Lipinski definition) is 1. The molecule has 80 valence electrons. The monoisotopic (exact) mass is 227 g/mol. The summed E-state index contributed by atoms with van der Waals surface area (Å²) in [6.07, 6.45) is 1.28. The maximum atomic E-state index is 13.2. The van der Waals surface area contributed by atoms with E-state index >= 15 is 0 Å². The van der Waals surface area contributed by atoms with Crippen LogP contribution in [0.3, 0.4) is 0 Å². The van der Waals surface area contributed by atoms with Crippen molar-refractivity contribution >= 4 is 17.5 Å². The first-order valence-electron chi connectivity index (χ1n) is 4.88. The van der Waals surface area contributed by atoms with Crippen molar-refractivity contribution in [1.29, 1.82) is 0 Å². The van der Waals surface area contributed by atoms with E-state index in [1.807, 2.05) is 6.07 Å². The second-order valence-electron chi connectivity index (χ2n) is 3.71. The molecule has 1 aliphatic heterocycles. The molecule has 1 aromatic carbocycles. The number of carbonyl (C=O) groups is 1. The summed E-state index contributed by atoms with van der Waals surface area (Å²) in [5, 5.41) is 2.91. The number of nitrogens with one attached hydrogen (secondary N) is 1. The lowest BCUT2D eigenvalue weighted by Gasteiger charge is -2.22. The van der Waals surface area contributed by atoms with Gasteiger partial charge in [-0.05, 0) is 24.1 Å². The molecular formula is C11H11ClFNO. The van der Waals surface area contributed by atoms with Gasteiger partial charge in [-0.15, -0.1) is 0 Å². The standard InChI is InChI=1S/C11H11ClFNO/c12-9-3-1-7(5-10(9)13)8-2-4-11(15)14-6-8/h1,3,5,8H,2,4,6H2,(H,14,15). The number of piperidine rings is 1. The fourth-order valence-corrected chi connectivity index (χ4v) is 1.90. The minimum absolute atomic E-state index is 0.0701. The molecular weight excluding hydrogens is 217 g/mol. The molecule has 2 nitrogen and oxygen atoms in total. The third kappa shape index (κ3) is 2.29. The average molecular weight is 228 g/mol. The minimum atomic E-state index is -0.397. The van der Waals surface area contributed by atoms with E-state index < -0.39 is 5.82 Å². The Morgan fingerprint density at radius 2 is 2.27 bits per heavy atom. The van der Waals surface area contributed by atoms with Crippen molar-refractivity contribution in [2.24, 2.45) is 0 Å². The van der Waals surface area contributed by atoms with Crippen LogP contribution in [-0.2, 0) is 4.79 Å². The molecule has 2 rings (SSSR count). The first-order valence-corrected chi connectivity index (χ1v) is 5.26. The van der Waals surface area contributed by atoms with Gasteiger partial charge in [-0.3, -0.25) is 4.79 Å². The van der Waals surface area contributed by atoms with Crippen LogP contribution in [0.25, 0.3) is 0 Å². The number of benzene rings is 1. The van der Waals surface area contributed by atoms with E-state index in [-0.39, 0.29) is 16.8 Å². The normalized spacial score (nSPS) is 21.2. The Labute approximate surface area is 92.4 Å². The third-order valence-electron chi connectivity index (χ3n) is 2.68. The molecule has 15 heavy (non-hydrogen) atoms. The summed E-state index contributed by atoms with van der Waals surface area (Å²) in [7, 11) is 0. The zero-order chi connectivity index (χ0) is 10.8. The second kappa shape index (κ2) is 4.19. The molecule has 1 saturated heterocycles. The molecule has 0 bridgehead atoms. The molecule has 1 amide bonds. The van der Waals surface area contributed by atoms with E-state index in [4.69, 9.17) is 11.6 Å². The highest BCUT2D eigenvalue weighted by Crippen LogP contribution is 2.26. The van der Waals surface area contributed by atoms with Crippen molar-refractivity contribution < 1.29 is 9.18 Å². The van der Waals surface area contributed by atoms with Crippen molar-refractivity contribution in [2.45, 2.75) is 18.8 Å². The number of rotatable bonds is 1. The predicted octanol–water partition coefficient (Wildman–Crippen LogP) is 2.47. The van der Waals surface area contributed by atoms with Gasteiger partial charge in [0.15, 0.2) is 0 Å². The van der Waals surface area contributed by atoms with Crippen molar-refractivity contribution in [1.82, 2.24) is 5.32 Å². The number of carbonyl (C=O) groups excluding carboxylic acids is 1. The molecule has 1 N–H and O–H groups in total. The van der Waals surface area contributed by atoms with Crippen LogP contribution in [-0.4, -0.2) is 12.5 Å². The molecule has 0 spiro atoms. The van der Waals surface area contributed by atoms with E-state index in [9.17, 15) is 9.18 Å². The lowest BCUT2D eigenvalue weighted by molar-refractivity contribution is -0.122. The van der Waals surface area contributed by atoms with Gasteiger partial charge in [0.05, 0.1) is 5.02 Å². The fraction of sp³-hybridized carbons (Fsp3) is 0.364. The smallest absolute Gasteiger partial charge is 0.220 e. The maximum Gasteiger partial charge on any atom is 0.220 e. The Morgan fingerprint density at radius 1 is 1.47 bits per heavy atom. The molecule has 0 radical (unpaired) electrons. The van der Waals surface area contributed by atoms with Gasteiger partial charge in [-0.1, -0.05) is 17.7 Å². The zero-order valence-electron chi connectivity index (χ0n) is 8.09. The third-order valence-corrected chi connectivity index (χ3v) is 2.99. The maximum absolute atomic E-state index is 13.2. The summed E-state index contributed by atoms with van der Waals surface area (Å²) in [6.45, 7) is 0.583. The van der Waals surface area contributed by atoms with Gasteiger partial charge >= 0.3 is 0 Å². The van der Waals surface area contributed by atoms with Crippen molar-refractivity contribution in [2.75, 3.05) is 6.54 Å². The van der Waals surface area contributed by atoms with Gasteiger partial charge in [0.2, 0.25) is 5.91 Å². The average Bonchev–Trinajstić information content (AvgIpc) is 2.23. The van der Waals surface area contributed by atoms with Crippen LogP contribution in [0.15, 0.2) is 18.2 Å². The topological polar surface area (TPSA) is 29.1 Å². The molecule has 0 aliphatic carbocycles. The van der Waals surface area contributed by atoms with Crippen molar-refractivity contribution in [3.8, 4) is 0 Å². The van der Waals surface area contributed by atoms with Crippen LogP contribution in [0.4, 0.5) is 4.39 Å². The quantitative estimate of drug-likeness (QED) is 0.785. The molecule has 0 saturated carbocycles.